The van der Waals surface area contributed by atoms with Crippen molar-refractivity contribution in [1.82, 2.24) is 9.97 Å². The van der Waals surface area contributed by atoms with Crippen LogP contribution in [0.5, 0.6) is 5.75 Å². The van der Waals surface area contributed by atoms with E-state index in [9.17, 15) is 13.2 Å². The number of nitrogen functional groups attached to an aromatic ring is 2. The average molecular weight is 315 g/mol. The minimum atomic E-state index is -4.74. The lowest BCUT2D eigenvalue weighted by Gasteiger charge is -2.11. The van der Waals surface area contributed by atoms with Gasteiger partial charge in [-0.2, -0.15) is 9.97 Å². The Bertz CT molecular complexity index is 610. The third kappa shape index (κ3) is 4.36. The number of nitrogens with two attached hydrogens (primary N) is 2. The van der Waals surface area contributed by atoms with E-state index in [-0.39, 0.29) is 11.7 Å². The Labute approximate surface area is 122 Å². The predicted molar refractivity (Wildman–Crippen MR) is 74.1 cm³/mol. The van der Waals surface area contributed by atoms with Crippen molar-refractivity contribution in [1.29, 1.82) is 0 Å². The van der Waals surface area contributed by atoms with Crippen LogP contribution in [0.1, 0.15) is 0 Å². The highest BCUT2D eigenvalue weighted by Gasteiger charge is 2.30. The molecule has 0 spiro atoms. The highest BCUT2D eigenvalue weighted by atomic mass is 19.4. The molecule has 7 N–H and O–H groups in total. The Morgan fingerprint density at radius 3 is 1.95 bits per heavy atom. The zero-order chi connectivity index (χ0) is 16.2. The molecule has 0 fully saturated rings. The molecule has 0 bridgehead atoms. The summed E-state index contributed by atoms with van der Waals surface area (Å²) in [5.74, 6) is 10.9. The van der Waals surface area contributed by atoms with Gasteiger partial charge in [-0.3, -0.25) is 0 Å². The molecule has 0 saturated heterocycles. The number of hydrazine groups is 2. The van der Waals surface area contributed by atoms with Crippen molar-refractivity contribution >= 4 is 23.3 Å². The fourth-order valence-corrected chi connectivity index (χ4v) is 1.52. The average Bonchev–Trinajstić information content (AvgIpc) is 2.47. The van der Waals surface area contributed by atoms with Crippen molar-refractivity contribution in [3.63, 3.8) is 0 Å². The second kappa shape index (κ2) is 6.32. The summed E-state index contributed by atoms with van der Waals surface area (Å²) in [5, 5.41) is 2.79. The van der Waals surface area contributed by atoms with Gasteiger partial charge < -0.3 is 20.9 Å². The lowest BCUT2D eigenvalue weighted by atomic mass is 10.3. The van der Waals surface area contributed by atoms with Crippen LogP contribution in [0, 0.1) is 0 Å². The van der Waals surface area contributed by atoms with Crippen LogP contribution in [-0.4, -0.2) is 16.3 Å². The normalized spacial score (nSPS) is 11.0. The van der Waals surface area contributed by atoms with Gasteiger partial charge >= 0.3 is 6.36 Å². The van der Waals surface area contributed by atoms with Crippen LogP contribution in [0.3, 0.4) is 0 Å². The molecule has 1 aromatic carbocycles. The molecule has 11 heteroatoms. The molecule has 0 amide bonds. The molecule has 1 aromatic heterocycles. The number of aromatic nitrogens is 2. The Morgan fingerprint density at radius 1 is 0.955 bits per heavy atom. The third-order valence-electron chi connectivity index (χ3n) is 2.37. The number of rotatable bonds is 5. The summed E-state index contributed by atoms with van der Waals surface area (Å²) in [7, 11) is 0. The highest BCUT2D eigenvalue weighted by molar-refractivity contribution is 5.59. The number of nitrogens with one attached hydrogen (secondary N) is 3. The Morgan fingerprint density at radius 2 is 1.50 bits per heavy atom. The van der Waals surface area contributed by atoms with Gasteiger partial charge in [0, 0.05) is 11.8 Å². The van der Waals surface area contributed by atoms with Crippen molar-refractivity contribution in [2.75, 3.05) is 16.2 Å². The van der Waals surface area contributed by atoms with Crippen LogP contribution in [0.15, 0.2) is 30.3 Å². The first kappa shape index (κ1) is 15.6. The number of benzene rings is 1. The molecule has 2 rings (SSSR count). The van der Waals surface area contributed by atoms with Crippen molar-refractivity contribution in [2.24, 2.45) is 11.7 Å². The number of hydrogen-bond acceptors (Lipinski definition) is 8. The number of ether oxygens (including phenoxy) is 1. The number of halogens is 3. The summed E-state index contributed by atoms with van der Waals surface area (Å²) in [6.07, 6.45) is -4.74. The minimum Gasteiger partial charge on any atom is -0.406 e. The predicted octanol–water partition coefficient (Wildman–Crippen LogP) is 1.69. The van der Waals surface area contributed by atoms with Gasteiger partial charge in [0.25, 0.3) is 0 Å². The fourth-order valence-electron chi connectivity index (χ4n) is 1.52. The van der Waals surface area contributed by atoms with E-state index < -0.39 is 6.36 Å². The largest absolute Gasteiger partial charge is 0.573 e. The summed E-state index contributed by atoms with van der Waals surface area (Å²) in [6.45, 7) is 0. The maximum atomic E-state index is 12.1. The molecule has 0 aliphatic rings. The summed E-state index contributed by atoms with van der Waals surface area (Å²) in [4.78, 5) is 8.02. The zero-order valence-corrected chi connectivity index (χ0v) is 11.0. The maximum absolute atomic E-state index is 12.1. The first-order valence-corrected chi connectivity index (χ1v) is 5.85. The van der Waals surface area contributed by atoms with Gasteiger partial charge in [0.15, 0.2) is 0 Å². The van der Waals surface area contributed by atoms with E-state index in [1.165, 1.54) is 18.2 Å². The monoisotopic (exact) mass is 315 g/mol. The van der Waals surface area contributed by atoms with Crippen LogP contribution in [0.2, 0.25) is 0 Å². The second-order valence-electron chi connectivity index (χ2n) is 3.95. The standard InChI is InChI=1S/C11H12F3N7O/c12-11(13,14)22-7-3-1-6(2-4-7)17-10-18-8(20-15)5-9(19-10)21-16/h1-5H,15-16H2,(H3,17,18,19,20,21). The van der Waals surface area contributed by atoms with Crippen molar-refractivity contribution < 1.29 is 17.9 Å². The summed E-state index contributed by atoms with van der Waals surface area (Å²) < 4.78 is 39.9. The molecular weight excluding hydrogens is 303 g/mol. The van der Waals surface area contributed by atoms with Crippen LogP contribution in [0.25, 0.3) is 0 Å². The summed E-state index contributed by atoms with van der Waals surface area (Å²) in [6, 6.07) is 6.53. The number of hydrogen-bond donors (Lipinski definition) is 5. The Hall–Kier alpha value is -2.79. The lowest BCUT2D eigenvalue weighted by molar-refractivity contribution is -0.274. The molecule has 1 heterocycles. The van der Waals surface area contributed by atoms with E-state index in [4.69, 9.17) is 11.7 Å². The topological polar surface area (TPSA) is 123 Å². The molecule has 0 radical (unpaired) electrons. The Balaban J connectivity index is 2.14. The van der Waals surface area contributed by atoms with Gasteiger partial charge in [0.1, 0.15) is 17.4 Å². The van der Waals surface area contributed by atoms with Crippen LogP contribution in [0.4, 0.5) is 36.4 Å². The SMILES string of the molecule is NNc1cc(NN)nc(Nc2ccc(OC(F)(F)F)cc2)n1. The van der Waals surface area contributed by atoms with Gasteiger partial charge in [0.05, 0.1) is 0 Å². The van der Waals surface area contributed by atoms with Crippen molar-refractivity contribution in [3.8, 4) is 5.75 Å². The van der Waals surface area contributed by atoms with Gasteiger partial charge in [-0.15, -0.1) is 13.2 Å². The van der Waals surface area contributed by atoms with E-state index in [0.29, 0.717) is 17.3 Å². The zero-order valence-electron chi connectivity index (χ0n) is 11.0. The third-order valence-corrected chi connectivity index (χ3v) is 2.37. The summed E-state index contributed by atoms with van der Waals surface area (Å²) in [5.41, 5.74) is 5.11. The fraction of sp³-hybridized carbons (Fsp3) is 0.0909. The first-order valence-electron chi connectivity index (χ1n) is 5.85. The van der Waals surface area contributed by atoms with E-state index >= 15 is 0 Å². The van der Waals surface area contributed by atoms with Crippen LogP contribution < -0.4 is 32.6 Å². The number of nitrogens with zero attached hydrogens (tertiary/aromatic N) is 2. The van der Waals surface area contributed by atoms with E-state index in [1.807, 2.05) is 0 Å². The summed E-state index contributed by atoms with van der Waals surface area (Å²) >= 11 is 0. The molecule has 0 atom stereocenters. The van der Waals surface area contributed by atoms with E-state index in [2.05, 4.69) is 30.9 Å². The van der Waals surface area contributed by atoms with Crippen molar-refractivity contribution in [3.05, 3.63) is 30.3 Å². The van der Waals surface area contributed by atoms with Gasteiger partial charge in [0.2, 0.25) is 5.95 Å². The molecular formula is C11H12F3N7O. The number of anilines is 4. The molecule has 8 nitrogen and oxygen atoms in total. The van der Waals surface area contributed by atoms with Gasteiger partial charge in [-0.1, -0.05) is 0 Å². The molecule has 0 unspecified atom stereocenters. The van der Waals surface area contributed by atoms with E-state index in [1.54, 1.807) is 0 Å². The smallest absolute Gasteiger partial charge is 0.406 e. The molecule has 0 aliphatic carbocycles. The lowest BCUT2D eigenvalue weighted by Crippen LogP contribution is -2.17. The second-order valence-corrected chi connectivity index (χ2v) is 3.95. The van der Waals surface area contributed by atoms with Gasteiger partial charge in [-0.25, -0.2) is 11.7 Å². The van der Waals surface area contributed by atoms with Crippen molar-refractivity contribution in [2.45, 2.75) is 6.36 Å². The molecule has 2 aromatic rings. The minimum absolute atomic E-state index is 0.146. The van der Waals surface area contributed by atoms with E-state index in [0.717, 1.165) is 12.1 Å². The molecule has 0 aliphatic heterocycles. The quantitative estimate of drug-likeness (QED) is 0.417. The molecule has 22 heavy (non-hydrogen) atoms. The first-order chi connectivity index (χ1) is 10.4. The molecule has 118 valence electrons. The maximum Gasteiger partial charge on any atom is 0.573 e. The van der Waals surface area contributed by atoms with Gasteiger partial charge in [-0.05, 0) is 24.3 Å². The van der Waals surface area contributed by atoms with Crippen LogP contribution in [-0.2, 0) is 0 Å². The Kier molecular flexibility index (Phi) is 4.48. The molecule has 0 saturated carbocycles. The number of alkyl halides is 3. The van der Waals surface area contributed by atoms with Crippen LogP contribution >= 0.6 is 0 Å². The highest BCUT2D eigenvalue weighted by Crippen LogP contribution is 2.25.